The highest BCUT2D eigenvalue weighted by Crippen LogP contribution is 2.21. The molecule has 132 valence electrons. The Balaban J connectivity index is 1.82. The van der Waals surface area contributed by atoms with Crippen molar-refractivity contribution in [2.75, 3.05) is 0 Å². The second-order valence-electron chi connectivity index (χ2n) is 5.65. The average Bonchev–Trinajstić information content (AvgIpc) is 2.90. The number of hydrogen-bond acceptors (Lipinski definition) is 3. The quantitative estimate of drug-likeness (QED) is 0.428. The minimum atomic E-state index is -0.456. The predicted octanol–water partition coefficient (Wildman–Crippen LogP) is 4.05. The Bertz CT molecular complexity index is 997. The second-order valence-corrected chi connectivity index (χ2v) is 6.01. The molecule has 0 fully saturated rings. The fourth-order valence-electron chi connectivity index (χ4n) is 2.70. The highest BCUT2D eigenvalue weighted by Gasteiger charge is 2.13. The van der Waals surface area contributed by atoms with Gasteiger partial charge in [-0.1, -0.05) is 23.7 Å². The second kappa shape index (κ2) is 7.49. The lowest BCUT2D eigenvalue weighted by atomic mass is 10.2. The van der Waals surface area contributed by atoms with Crippen molar-refractivity contribution >= 4 is 23.7 Å². The number of aromatic nitrogens is 2. The van der Waals surface area contributed by atoms with Gasteiger partial charge < -0.3 is 4.57 Å². The number of pyridine rings is 1. The molecule has 3 aromatic rings. The number of hydrazone groups is 1. The molecule has 0 aliphatic heterocycles. The Morgan fingerprint density at radius 1 is 1.27 bits per heavy atom. The smallest absolute Gasteiger partial charge is 0.274 e. The minimum absolute atomic E-state index is 0.109. The summed E-state index contributed by atoms with van der Waals surface area (Å²) in [7, 11) is 0. The van der Waals surface area contributed by atoms with Crippen LogP contribution in [0.1, 0.15) is 27.3 Å². The van der Waals surface area contributed by atoms with Crippen LogP contribution in [0, 0.1) is 19.7 Å². The highest BCUT2D eigenvalue weighted by atomic mass is 35.5. The summed E-state index contributed by atoms with van der Waals surface area (Å²) >= 11 is 5.88. The number of carbonyl (C=O) groups excluding carboxylic acids is 1. The lowest BCUT2D eigenvalue weighted by Crippen LogP contribution is -2.18. The molecule has 0 bridgehead atoms. The van der Waals surface area contributed by atoms with E-state index in [1.807, 2.05) is 19.9 Å². The fourth-order valence-corrected chi connectivity index (χ4v) is 2.90. The number of halogens is 2. The number of nitrogens with one attached hydrogen (secondary N) is 1. The molecule has 0 saturated carbocycles. The van der Waals surface area contributed by atoms with E-state index in [4.69, 9.17) is 11.6 Å². The summed E-state index contributed by atoms with van der Waals surface area (Å²) in [5.74, 6) is -0.764. The van der Waals surface area contributed by atoms with E-state index in [9.17, 15) is 9.18 Å². The van der Waals surface area contributed by atoms with E-state index in [1.165, 1.54) is 18.5 Å². The topological polar surface area (TPSA) is 59.3 Å². The van der Waals surface area contributed by atoms with Gasteiger partial charge in [0.1, 0.15) is 11.0 Å². The first kappa shape index (κ1) is 17.8. The van der Waals surface area contributed by atoms with Gasteiger partial charge in [0.25, 0.3) is 5.91 Å². The molecule has 2 aromatic heterocycles. The summed E-state index contributed by atoms with van der Waals surface area (Å²) in [5.41, 5.74) is 5.56. The third-order valence-electron chi connectivity index (χ3n) is 3.94. The predicted molar refractivity (Wildman–Crippen MR) is 99.5 cm³/mol. The normalized spacial score (nSPS) is 11.1. The number of carbonyl (C=O) groups is 1. The highest BCUT2D eigenvalue weighted by molar-refractivity contribution is 6.32. The summed E-state index contributed by atoms with van der Waals surface area (Å²) in [6.45, 7) is 3.74. The molecule has 0 spiro atoms. The maximum Gasteiger partial charge on any atom is 0.274 e. The van der Waals surface area contributed by atoms with Crippen LogP contribution in [0.5, 0.6) is 0 Å². The van der Waals surface area contributed by atoms with Crippen molar-refractivity contribution in [3.8, 4) is 5.69 Å². The molecule has 2 heterocycles. The molecule has 5 nitrogen and oxygen atoms in total. The molecule has 7 heteroatoms. The van der Waals surface area contributed by atoms with Crippen LogP contribution in [0.4, 0.5) is 4.39 Å². The van der Waals surface area contributed by atoms with Gasteiger partial charge in [-0.25, -0.2) is 14.8 Å². The number of para-hydroxylation sites is 1. The summed E-state index contributed by atoms with van der Waals surface area (Å²) in [4.78, 5) is 15.9. The fraction of sp³-hybridized carbons (Fsp3) is 0.105. The molecule has 0 aliphatic carbocycles. The van der Waals surface area contributed by atoms with E-state index in [2.05, 4.69) is 15.5 Å². The molecule has 1 N–H and O–H groups in total. The van der Waals surface area contributed by atoms with Gasteiger partial charge in [0.05, 0.1) is 17.5 Å². The Labute approximate surface area is 155 Å². The van der Waals surface area contributed by atoms with Crippen molar-refractivity contribution < 1.29 is 9.18 Å². The minimum Gasteiger partial charge on any atom is -0.315 e. The molecule has 0 atom stereocenters. The average molecular weight is 371 g/mol. The Morgan fingerprint density at radius 2 is 2.04 bits per heavy atom. The maximum atomic E-state index is 14.1. The molecule has 0 aliphatic rings. The molecule has 0 saturated heterocycles. The van der Waals surface area contributed by atoms with E-state index in [0.717, 1.165) is 17.0 Å². The molecule has 26 heavy (non-hydrogen) atoms. The van der Waals surface area contributed by atoms with Crippen molar-refractivity contribution in [3.05, 3.63) is 82.1 Å². The Morgan fingerprint density at radius 3 is 2.77 bits per heavy atom. The monoisotopic (exact) mass is 370 g/mol. The molecular weight excluding hydrogens is 355 g/mol. The van der Waals surface area contributed by atoms with Crippen molar-refractivity contribution in [1.82, 2.24) is 15.0 Å². The lowest BCUT2D eigenvalue weighted by Gasteiger charge is -2.10. The maximum absolute atomic E-state index is 14.1. The van der Waals surface area contributed by atoms with Crippen LogP contribution in [-0.4, -0.2) is 21.7 Å². The van der Waals surface area contributed by atoms with Gasteiger partial charge in [-0.2, -0.15) is 5.10 Å². The van der Waals surface area contributed by atoms with E-state index in [1.54, 1.807) is 34.9 Å². The first-order chi connectivity index (χ1) is 12.5. The number of rotatable bonds is 4. The van der Waals surface area contributed by atoms with E-state index in [0.29, 0.717) is 5.69 Å². The van der Waals surface area contributed by atoms with Crippen molar-refractivity contribution in [2.24, 2.45) is 5.10 Å². The summed E-state index contributed by atoms with van der Waals surface area (Å²) < 4.78 is 15.9. The summed E-state index contributed by atoms with van der Waals surface area (Å²) in [5, 5.41) is 4.08. The number of benzene rings is 1. The zero-order valence-electron chi connectivity index (χ0n) is 14.2. The van der Waals surface area contributed by atoms with Gasteiger partial charge in [-0.15, -0.1) is 0 Å². The third-order valence-corrected chi connectivity index (χ3v) is 4.24. The molecule has 0 radical (unpaired) electrons. The number of hydrogen-bond donors (Lipinski definition) is 1. The number of aryl methyl sites for hydroxylation is 1. The standard InChI is InChI=1S/C19H16ClFN4O/c1-12-10-14(13(2)25(12)17-8-4-3-7-16(17)21)11-23-24-19(26)15-6-5-9-22-18(15)20/h3-11H,1-2H3,(H,24,26). The van der Waals surface area contributed by atoms with Crippen LogP contribution < -0.4 is 5.43 Å². The largest absolute Gasteiger partial charge is 0.315 e. The lowest BCUT2D eigenvalue weighted by molar-refractivity contribution is 0.0955. The van der Waals surface area contributed by atoms with Gasteiger partial charge in [0.2, 0.25) is 0 Å². The molecular formula is C19H16ClFN4O. The number of amides is 1. The van der Waals surface area contributed by atoms with Gasteiger partial charge >= 0.3 is 0 Å². The third kappa shape index (κ3) is 3.50. The first-order valence-electron chi connectivity index (χ1n) is 7.87. The van der Waals surface area contributed by atoms with Crippen LogP contribution in [0.15, 0.2) is 53.8 Å². The molecule has 3 rings (SSSR count). The van der Waals surface area contributed by atoms with Crippen molar-refractivity contribution in [2.45, 2.75) is 13.8 Å². The van der Waals surface area contributed by atoms with E-state index >= 15 is 0 Å². The first-order valence-corrected chi connectivity index (χ1v) is 8.24. The summed E-state index contributed by atoms with van der Waals surface area (Å²) in [6, 6.07) is 11.6. The zero-order valence-corrected chi connectivity index (χ0v) is 15.0. The van der Waals surface area contributed by atoms with Gasteiger partial charge in [0, 0.05) is 23.1 Å². The van der Waals surface area contributed by atoms with E-state index in [-0.39, 0.29) is 16.5 Å². The molecule has 1 amide bonds. The van der Waals surface area contributed by atoms with Crippen LogP contribution in [0.2, 0.25) is 5.15 Å². The number of nitrogens with zero attached hydrogens (tertiary/aromatic N) is 3. The zero-order chi connectivity index (χ0) is 18.7. The summed E-state index contributed by atoms with van der Waals surface area (Å²) in [6.07, 6.45) is 3.02. The van der Waals surface area contributed by atoms with Crippen LogP contribution in [-0.2, 0) is 0 Å². The van der Waals surface area contributed by atoms with Gasteiger partial charge in [-0.05, 0) is 44.2 Å². The van der Waals surface area contributed by atoms with Crippen molar-refractivity contribution in [1.29, 1.82) is 0 Å². The SMILES string of the molecule is Cc1cc(C=NNC(=O)c2cccnc2Cl)c(C)n1-c1ccccc1F. The van der Waals surface area contributed by atoms with Crippen LogP contribution in [0.3, 0.4) is 0 Å². The molecule has 0 unspecified atom stereocenters. The van der Waals surface area contributed by atoms with E-state index < -0.39 is 5.91 Å². The van der Waals surface area contributed by atoms with Gasteiger partial charge in [-0.3, -0.25) is 4.79 Å². The Hall–Kier alpha value is -2.99. The van der Waals surface area contributed by atoms with Gasteiger partial charge in [0.15, 0.2) is 0 Å². The molecule has 1 aromatic carbocycles. The van der Waals surface area contributed by atoms with Crippen molar-refractivity contribution in [3.63, 3.8) is 0 Å². The van der Waals surface area contributed by atoms with Crippen LogP contribution >= 0.6 is 11.6 Å². The van der Waals surface area contributed by atoms with Crippen LogP contribution in [0.25, 0.3) is 5.69 Å². The Kier molecular flexibility index (Phi) is 5.14.